The number of hydrogen-bond donors (Lipinski definition) is 2. The van der Waals surface area contributed by atoms with Gasteiger partial charge in [-0.3, -0.25) is 9.44 Å². The second-order valence-electron chi connectivity index (χ2n) is 4.70. The zero-order valence-electron chi connectivity index (χ0n) is 11.8. The van der Waals surface area contributed by atoms with Crippen LogP contribution >= 0.6 is 11.8 Å². The van der Waals surface area contributed by atoms with Crippen LogP contribution in [0.4, 0.5) is 10.1 Å². The molecule has 23 heavy (non-hydrogen) atoms. The molecule has 0 spiro atoms. The summed E-state index contributed by atoms with van der Waals surface area (Å²) in [5, 5.41) is 21.9. The van der Waals surface area contributed by atoms with Crippen LogP contribution in [0, 0.1) is 11.0 Å². The Balaban J connectivity index is 0.00000264. The third-order valence-corrected chi connectivity index (χ3v) is 4.44. The van der Waals surface area contributed by atoms with Crippen LogP contribution < -0.4 is 10.4 Å². The van der Waals surface area contributed by atoms with E-state index in [0.29, 0.717) is 17.2 Å². The molecule has 1 atom stereocenters. The molecular weight excluding hydrogens is 334 g/mol. The van der Waals surface area contributed by atoms with Crippen LogP contribution in [-0.4, -0.2) is 65.3 Å². The molecule has 1 aromatic rings. The molecule has 0 saturated heterocycles. The van der Waals surface area contributed by atoms with Gasteiger partial charge < -0.3 is 16.0 Å². The zero-order valence-corrected chi connectivity index (χ0v) is 12.7. The van der Waals surface area contributed by atoms with Crippen LogP contribution in [0.2, 0.25) is 0 Å². The van der Waals surface area contributed by atoms with Crippen molar-refractivity contribution in [2.24, 2.45) is 5.73 Å². The first-order valence-corrected chi connectivity index (χ1v) is 7.59. The molecule has 0 bridgehead atoms. The van der Waals surface area contributed by atoms with Gasteiger partial charge in [0.05, 0.1) is 6.54 Å². The Bertz CT molecular complexity index is 683. The predicted molar refractivity (Wildman–Crippen MR) is 89.1 cm³/mol. The van der Waals surface area contributed by atoms with Crippen molar-refractivity contribution in [2.45, 2.75) is 11.8 Å². The van der Waals surface area contributed by atoms with E-state index in [1.807, 2.05) is 0 Å². The number of benzene rings is 1. The number of Topliss-reactive ketones (excluding diaryl/α,β-unsaturated/α-hetero) is 1. The standard InChI is InChI=1S/C14H15FN2O4S.Na.H/c1-2-17(21)7-8(14(19)20)13(18)11-10(22-6-5-16)4-3-9(15)12(11)17;;/h3-4,7H,2,5-6,16H2,1H3,(H,19,20);;. The van der Waals surface area contributed by atoms with Crippen LogP contribution in [0.1, 0.15) is 17.3 Å². The molecule has 1 aromatic carbocycles. The van der Waals surface area contributed by atoms with Gasteiger partial charge in [0.15, 0.2) is 17.1 Å². The third-order valence-electron chi connectivity index (χ3n) is 3.35. The van der Waals surface area contributed by atoms with Gasteiger partial charge in [0.2, 0.25) is 5.78 Å². The molecule has 0 radical (unpaired) electrons. The van der Waals surface area contributed by atoms with Crippen molar-refractivity contribution in [2.75, 3.05) is 18.8 Å². The Morgan fingerprint density at radius 3 is 2.65 bits per heavy atom. The van der Waals surface area contributed by atoms with E-state index < -0.39 is 27.8 Å². The normalized spacial score (nSPS) is 19.7. The molecule has 0 saturated carbocycles. The summed E-state index contributed by atoms with van der Waals surface area (Å²) in [6, 6.07) is 2.49. The van der Waals surface area contributed by atoms with E-state index >= 15 is 0 Å². The van der Waals surface area contributed by atoms with Crippen molar-refractivity contribution in [3.63, 3.8) is 0 Å². The number of thioether (sulfide) groups is 1. The molecule has 9 heteroatoms. The zero-order chi connectivity index (χ0) is 16.5. The number of aliphatic carboxylic acids is 1. The number of rotatable bonds is 5. The second-order valence-corrected chi connectivity index (χ2v) is 5.83. The fourth-order valence-corrected chi connectivity index (χ4v) is 3.13. The number of quaternary nitrogens is 1. The number of fused-ring (bicyclic) bond motifs is 1. The summed E-state index contributed by atoms with van der Waals surface area (Å²) in [7, 11) is 0. The molecule has 120 valence electrons. The van der Waals surface area contributed by atoms with Crippen molar-refractivity contribution in [1.29, 1.82) is 0 Å². The average molecular weight is 350 g/mol. The Hall–Kier alpha value is -0.740. The predicted octanol–water partition coefficient (Wildman–Crippen LogP) is 1.22. The fraction of sp³-hybridized carbons (Fsp3) is 0.286. The number of carboxylic acid groups (broad SMARTS) is 1. The van der Waals surface area contributed by atoms with E-state index in [9.17, 15) is 19.2 Å². The van der Waals surface area contributed by atoms with Crippen molar-refractivity contribution in [3.8, 4) is 0 Å². The van der Waals surface area contributed by atoms with Gasteiger partial charge in [-0.05, 0) is 19.1 Å². The van der Waals surface area contributed by atoms with Gasteiger partial charge in [-0.2, -0.15) is 0 Å². The summed E-state index contributed by atoms with van der Waals surface area (Å²) in [6.07, 6.45) is 0.757. The van der Waals surface area contributed by atoms with E-state index in [2.05, 4.69) is 0 Å². The Morgan fingerprint density at radius 2 is 2.13 bits per heavy atom. The molecule has 1 unspecified atom stereocenters. The molecule has 0 aromatic heterocycles. The van der Waals surface area contributed by atoms with E-state index in [-0.39, 0.29) is 47.4 Å². The Morgan fingerprint density at radius 1 is 1.48 bits per heavy atom. The fourth-order valence-electron chi connectivity index (χ4n) is 2.29. The molecule has 3 N–H and O–H groups in total. The van der Waals surface area contributed by atoms with E-state index in [4.69, 9.17) is 10.8 Å². The summed E-state index contributed by atoms with van der Waals surface area (Å²) in [6.45, 7) is 1.71. The minimum atomic E-state index is -1.50. The second kappa shape index (κ2) is 7.89. The topological polar surface area (TPSA) is 103 Å². The number of hydroxylamine groups is 2. The van der Waals surface area contributed by atoms with Crippen molar-refractivity contribution < 1.29 is 19.1 Å². The number of halogens is 1. The first kappa shape index (κ1) is 20.3. The molecule has 1 aliphatic rings. The summed E-state index contributed by atoms with van der Waals surface area (Å²) < 4.78 is 12.9. The minimum absolute atomic E-state index is 0. The Kier molecular flexibility index (Phi) is 6.96. The number of carbonyl (C=O) groups is 2. The van der Waals surface area contributed by atoms with Crippen LogP contribution in [0.25, 0.3) is 0 Å². The van der Waals surface area contributed by atoms with Gasteiger partial charge in [0, 0.05) is 17.2 Å². The molecule has 2 rings (SSSR count). The monoisotopic (exact) mass is 350 g/mol. The molecule has 0 amide bonds. The molecular formula is C14H16FN2NaO4S. The molecule has 1 aliphatic heterocycles. The van der Waals surface area contributed by atoms with Gasteiger partial charge in [-0.1, -0.05) is 0 Å². The van der Waals surface area contributed by atoms with Gasteiger partial charge >= 0.3 is 35.5 Å². The third kappa shape index (κ3) is 3.69. The first-order chi connectivity index (χ1) is 10.4. The molecule has 6 nitrogen and oxygen atoms in total. The molecule has 1 heterocycles. The van der Waals surface area contributed by atoms with Crippen LogP contribution in [0.15, 0.2) is 28.8 Å². The van der Waals surface area contributed by atoms with Crippen molar-refractivity contribution in [3.05, 3.63) is 40.5 Å². The summed E-state index contributed by atoms with van der Waals surface area (Å²) in [5.74, 6) is -2.71. The van der Waals surface area contributed by atoms with Crippen LogP contribution in [-0.2, 0) is 4.79 Å². The maximum absolute atomic E-state index is 14.2. The van der Waals surface area contributed by atoms with Gasteiger partial charge in [0.25, 0.3) is 0 Å². The SMILES string of the molecule is CC[N+]1([O-])C=C(C(=O)O)C(=O)c2c(SCCN)ccc(F)c21.[NaH]. The van der Waals surface area contributed by atoms with E-state index in [1.54, 1.807) is 0 Å². The molecule has 0 fully saturated rings. The number of carbonyl (C=O) groups excluding carboxylic acids is 1. The number of nitrogens with two attached hydrogens (primary N) is 1. The van der Waals surface area contributed by atoms with Gasteiger partial charge in [-0.15, -0.1) is 11.8 Å². The Labute approximate surface area is 159 Å². The molecule has 0 aliphatic carbocycles. The number of ketones is 1. The van der Waals surface area contributed by atoms with E-state index in [0.717, 1.165) is 12.3 Å². The summed E-state index contributed by atoms with van der Waals surface area (Å²) in [5.41, 5.74) is 4.28. The van der Waals surface area contributed by atoms with Crippen molar-refractivity contribution >= 4 is 58.8 Å². The van der Waals surface area contributed by atoms with Gasteiger partial charge in [0.1, 0.15) is 11.8 Å². The van der Waals surface area contributed by atoms with Crippen LogP contribution in [0.5, 0.6) is 0 Å². The average Bonchev–Trinajstić information content (AvgIpc) is 2.49. The van der Waals surface area contributed by atoms with Gasteiger partial charge in [-0.25, -0.2) is 9.18 Å². The number of nitrogens with zero attached hydrogens (tertiary/aromatic N) is 1. The van der Waals surface area contributed by atoms with Crippen molar-refractivity contribution in [1.82, 2.24) is 4.65 Å². The summed E-state index contributed by atoms with van der Waals surface area (Å²) >= 11 is 1.19. The summed E-state index contributed by atoms with van der Waals surface area (Å²) in [4.78, 5) is 24.0. The quantitative estimate of drug-likeness (QED) is 0.272. The number of hydrogen-bond acceptors (Lipinski definition) is 5. The maximum atomic E-state index is 14.2. The first-order valence-electron chi connectivity index (χ1n) is 6.61. The number of carboxylic acids is 1. The van der Waals surface area contributed by atoms with Crippen LogP contribution in [0.3, 0.4) is 0 Å². The van der Waals surface area contributed by atoms with E-state index in [1.165, 1.54) is 24.8 Å².